The molecule has 124 valence electrons. The lowest BCUT2D eigenvalue weighted by atomic mass is 10.0. The summed E-state index contributed by atoms with van der Waals surface area (Å²) in [5.74, 6) is 0.663. The third kappa shape index (κ3) is 3.31. The molecule has 2 bridgehead atoms. The van der Waals surface area contributed by atoms with Gasteiger partial charge in [0, 0.05) is 49.5 Å². The van der Waals surface area contributed by atoms with Crippen LogP contribution in [0.25, 0.3) is 0 Å². The van der Waals surface area contributed by atoms with Crippen LogP contribution in [0.15, 0.2) is 48.9 Å². The minimum atomic E-state index is 0.0898. The average molecular weight is 322 g/mol. The Balaban J connectivity index is 1.29. The van der Waals surface area contributed by atoms with Crippen molar-refractivity contribution >= 4 is 5.91 Å². The second-order valence-electron chi connectivity index (χ2n) is 6.84. The minimum Gasteiger partial charge on any atom is -0.353 e. The smallest absolute Gasteiger partial charge is 0.226 e. The van der Waals surface area contributed by atoms with Gasteiger partial charge < -0.3 is 5.32 Å². The fourth-order valence-corrected chi connectivity index (χ4v) is 4.06. The summed E-state index contributed by atoms with van der Waals surface area (Å²) in [5.41, 5.74) is 2.14. The third-order valence-corrected chi connectivity index (χ3v) is 5.20. The van der Waals surface area contributed by atoms with Crippen molar-refractivity contribution in [1.82, 2.24) is 20.2 Å². The molecule has 2 aromatic rings. The Bertz CT molecular complexity index is 691. The molecule has 5 heteroatoms. The van der Waals surface area contributed by atoms with Gasteiger partial charge in [-0.1, -0.05) is 6.07 Å². The monoisotopic (exact) mass is 322 g/mol. The van der Waals surface area contributed by atoms with Crippen molar-refractivity contribution in [2.24, 2.45) is 5.92 Å². The van der Waals surface area contributed by atoms with E-state index in [4.69, 9.17) is 0 Å². The van der Waals surface area contributed by atoms with Crippen molar-refractivity contribution in [2.75, 3.05) is 6.54 Å². The summed E-state index contributed by atoms with van der Waals surface area (Å²) in [5, 5.41) is 3.23. The molecule has 1 saturated heterocycles. The lowest BCUT2D eigenvalue weighted by Gasteiger charge is -2.32. The molecule has 1 saturated carbocycles. The molecule has 3 atom stereocenters. The first-order valence-corrected chi connectivity index (χ1v) is 8.60. The van der Waals surface area contributed by atoms with Crippen LogP contribution < -0.4 is 5.32 Å². The third-order valence-electron chi connectivity index (χ3n) is 5.20. The van der Waals surface area contributed by atoms with Gasteiger partial charge in [0.2, 0.25) is 5.91 Å². The van der Waals surface area contributed by atoms with Gasteiger partial charge >= 0.3 is 0 Å². The number of likely N-dealkylation sites (tertiary alicyclic amines) is 1. The van der Waals surface area contributed by atoms with Crippen LogP contribution in [0.2, 0.25) is 0 Å². The SMILES string of the molecule is O=C(Cc1ccccn1)N[C@@H]1C[C@H]2C[C@H]1CN2Cc1ccncc1. The van der Waals surface area contributed by atoms with Crippen LogP contribution in [-0.4, -0.2) is 39.4 Å². The van der Waals surface area contributed by atoms with Crippen molar-refractivity contribution < 1.29 is 4.79 Å². The van der Waals surface area contributed by atoms with Crippen LogP contribution in [0.1, 0.15) is 24.1 Å². The Morgan fingerprint density at radius 3 is 2.75 bits per heavy atom. The van der Waals surface area contributed by atoms with E-state index in [9.17, 15) is 4.79 Å². The normalized spacial score (nSPS) is 25.8. The van der Waals surface area contributed by atoms with Gasteiger partial charge in [0.1, 0.15) is 0 Å². The molecule has 0 aromatic carbocycles. The topological polar surface area (TPSA) is 58.1 Å². The maximum atomic E-state index is 12.2. The highest BCUT2D eigenvalue weighted by Crippen LogP contribution is 2.38. The van der Waals surface area contributed by atoms with E-state index in [1.807, 2.05) is 30.6 Å². The van der Waals surface area contributed by atoms with E-state index in [1.54, 1.807) is 6.20 Å². The van der Waals surface area contributed by atoms with Crippen molar-refractivity contribution in [3.8, 4) is 0 Å². The number of nitrogens with zero attached hydrogens (tertiary/aromatic N) is 3. The second-order valence-corrected chi connectivity index (χ2v) is 6.84. The molecule has 2 fully saturated rings. The number of aromatic nitrogens is 2. The molecule has 1 amide bonds. The molecule has 0 spiro atoms. The summed E-state index contributed by atoms with van der Waals surface area (Å²) in [6, 6.07) is 10.8. The summed E-state index contributed by atoms with van der Waals surface area (Å²) in [6.45, 7) is 2.06. The first kappa shape index (κ1) is 15.3. The van der Waals surface area contributed by atoms with Crippen LogP contribution in [-0.2, 0) is 17.8 Å². The Labute approximate surface area is 142 Å². The van der Waals surface area contributed by atoms with Gasteiger partial charge in [-0.15, -0.1) is 0 Å². The molecular formula is C19H22N4O. The lowest BCUT2D eigenvalue weighted by Crippen LogP contribution is -2.46. The van der Waals surface area contributed by atoms with Crippen LogP contribution in [0.5, 0.6) is 0 Å². The fourth-order valence-electron chi connectivity index (χ4n) is 4.06. The fraction of sp³-hybridized carbons (Fsp3) is 0.421. The predicted octanol–water partition coefficient (Wildman–Crippen LogP) is 1.80. The lowest BCUT2D eigenvalue weighted by molar-refractivity contribution is -0.121. The Morgan fingerprint density at radius 1 is 1.17 bits per heavy atom. The first-order valence-electron chi connectivity index (χ1n) is 8.60. The molecule has 3 heterocycles. The van der Waals surface area contributed by atoms with Gasteiger partial charge in [-0.05, 0) is 48.6 Å². The number of piperidine rings is 1. The zero-order valence-corrected chi connectivity index (χ0v) is 13.6. The van der Waals surface area contributed by atoms with E-state index in [0.717, 1.165) is 25.2 Å². The standard InChI is InChI=1S/C19H22N4O/c24-19(10-16-3-1-2-6-21-16)22-18-11-17-9-15(18)13-23(17)12-14-4-7-20-8-5-14/h1-8,15,17-18H,9-13H2,(H,22,24)/t15-,17+,18+/m0/s1. The maximum absolute atomic E-state index is 12.2. The Morgan fingerprint density at radius 2 is 2.04 bits per heavy atom. The molecule has 0 unspecified atom stereocenters. The van der Waals surface area contributed by atoms with Gasteiger partial charge in [0.15, 0.2) is 0 Å². The highest BCUT2D eigenvalue weighted by atomic mass is 16.1. The van der Waals surface area contributed by atoms with Crippen molar-refractivity contribution in [3.63, 3.8) is 0 Å². The van der Waals surface area contributed by atoms with Crippen molar-refractivity contribution in [1.29, 1.82) is 0 Å². The van der Waals surface area contributed by atoms with Gasteiger partial charge in [0.05, 0.1) is 6.42 Å². The summed E-state index contributed by atoms with van der Waals surface area (Å²) >= 11 is 0. The average Bonchev–Trinajstić information content (AvgIpc) is 3.16. The van der Waals surface area contributed by atoms with Crippen LogP contribution in [0, 0.1) is 5.92 Å². The van der Waals surface area contributed by atoms with E-state index < -0.39 is 0 Å². The van der Waals surface area contributed by atoms with Crippen LogP contribution >= 0.6 is 0 Å². The summed E-state index contributed by atoms with van der Waals surface area (Å²) < 4.78 is 0. The maximum Gasteiger partial charge on any atom is 0.226 e. The molecule has 1 aliphatic heterocycles. The predicted molar refractivity (Wildman–Crippen MR) is 91.0 cm³/mol. The Kier molecular flexibility index (Phi) is 4.26. The number of hydrogen-bond donors (Lipinski definition) is 1. The van der Waals surface area contributed by atoms with E-state index >= 15 is 0 Å². The number of carbonyl (C=O) groups is 1. The van der Waals surface area contributed by atoms with Crippen LogP contribution in [0.3, 0.4) is 0 Å². The number of rotatable bonds is 5. The zero-order valence-electron chi connectivity index (χ0n) is 13.6. The van der Waals surface area contributed by atoms with E-state index in [2.05, 4.69) is 32.3 Å². The molecule has 24 heavy (non-hydrogen) atoms. The quantitative estimate of drug-likeness (QED) is 0.912. The van der Waals surface area contributed by atoms with Crippen molar-refractivity contribution in [2.45, 2.75) is 37.9 Å². The number of pyridine rings is 2. The van der Waals surface area contributed by atoms with Gasteiger partial charge in [-0.3, -0.25) is 19.7 Å². The second kappa shape index (κ2) is 6.69. The van der Waals surface area contributed by atoms with Crippen LogP contribution in [0.4, 0.5) is 0 Å². The molecule has 2 aromatic heterocycles. The molecule has 1 aliphatic carbocycles. The molecule has 5 nitrogen and oxygen atoms in total. The summed E-state index contributed by atoms with van der Waals surface area (Å²) in [4.78, 5) is 23.1. The van der Waals surface area contributed by atoms with E-state index in [-0.39, 0.29) is 5.91 Å². The largest absolute Gasteiger partial charge is 0.353 e. The number of carbonyl (C=O) groups excluding carboxylic acids is 1. The highest BCUT2D eigenvalue weighted by molar-refractivity contribution is 5.78. The first-order chi connectivity index (χ1) is 11.8. The number of hydrogen-bond acceptors (Lipinski definition) is 4. The minimum absolute atomic E-state index is 0.0898. The van der Waals surface area contributed by atoms with Gasteiger partial charge in [-0.25, -0.2) is 0 Å². The number of fused-ring (bicyclic) bond motifs is 2. The summed E-state index contributed by atoms with van der Waals surface area (Å²) in [7, 11) is 0. The molecule has 0 radical (unpaired) electrons. The molecular weight excluding hydrogens is 300 g/mol. The zero-order chi connectivity index (χ0) is 16.4. The molecule has 1 N–H and O–H groups in total. The molecule has 2 aliphatic rings. The van der Waals surface area contributed by atoms with Gasteiger partial charge in [0.25, 0.3) is 0 Å². The van der Waals surface area contributed by atoms with E-state index in [1.165, 1.54) is 12.0 Å². The number of amides is 1. The van der Waals surface area contributed by atoms with Gasteiger partial charge in [-0.2, -0.15) is 0 Å². The highest BCUT2D eigenvalue weighted by Gasteiger charge is 2.44. The van der Waals surface area contributed by atoms with E-state index in [0.29, 0.717) is 24.4 Å². The van der Waals surface area contributed by atoms with Crippen molar-refractivity contribution in [3.05, 3.63) is 60.2 Å². The number of nitrogens with one attached hydrogen (secondary N) is 1. The molecule has 4 rings (SSSR count). The Hall–Kier alpha value is -2.27. The summed E-state index contributed by atoms with van der Waals surface area (Å²) in [6.07, 6.45) is 8.06.